The number of rotatable bonds is 0. The van der Waals surface area contributed by atoms with Crippen molar-refractivity contribution in [1.29, 1.82) is 0 Å². The Morgan fingerprint density at radius 2 is 0.500 bits per heavy atom. The number of benzene rings is 6. The van der Waals surface area contributed by atoms with E-state index in [9.17, 15) is 0 Å². The maximum atomic E-state index is 3.94. The summed E-state index contributed by atoms with van der Waals surface area (Å²) >= 11 is 7.89. The van der Waals surface area contributed by atoms with Crippen LogP contribution in [0.4, 0.5) is 0 Å². The van der Waals surface area contributed by atoms with E-state index in [2.05, 4.69) is 165 Å². The standard InChI is InChI=1S/C40H30Br2/c41-39-35-3-1-4-36(39)32-21-13-28(14-22-32)8-10-30-17-25-34(26-18-30)38-6-2-5-37(40(38)42)33-23-15-29(16-24-33)9-7-27-11-19-31(35)20-12-27/h1-6,11-26H,7-10H2. The summed E-state index contributed by atoms with van der Waals surface area (Å²) in [6.45, 7) is 0. The zero-order chi connectivity index (χ0) is 28.5. The third-order valence-corrected chi connectivity index (χ3v) is 10.2. The molecule has 13 rings (SSSR count). The quantitative estimate of drug-likeness (QED) is 0.151. The molecule has 7 aliphatic rings. The Morgan fingerprint density at radius 3 is 0.714 bits per heavy atom. The van der Waals surface area contributed by atoms with Crippen LogP contribution in [-0.2, 0) is 25.7 Å². The molecule has 204 valence electrons. The Hall–Kier alpha value is -3.72. The minimum Gasteiger partial charge on any atom is -0.0610 e. The summed E-state index contributed by atoms with van der Waals surface area (Å²) in [6, 6.07) is 49.4. The first-order valence-corrected chi connectivity index (χ1v) is 16.2. The van der Waals surface area contributed by atoms with Crippen LogP contribution in [0.3, 0.4) is 0 Å². The van der Waals surface area contributed by atoms with Crippen LogP contribution in [0.25, 0.3) is 44.5 Å². The summed E-state index contributed by atoms with van der Waals surface area (Å²) in [6.07, 6.45) is 4.06. The minimum absolute atomic E-state index is 1.02. The summed E-state index contributed by atoms with van der Waals surface area (Å²) in [4.78, 5) is 0. The lowest BCUT2D eigenvalue weighted by Gasteiger charge is -2.13. The highest BCUT2D eigenvalue weighted by atomic mass is 79.9. The molecule has 0 saturated carbocycles. The van der Waals surface area contributed by atoms with Crippen LogP contribution in [0.1, 0.15) is 22.3 Å². The van der Waals surface area contributed by atoms with E-state index in [-0.39, 0.29) is 0 Å². The van der Waals surface area contributed by atoms with Crippen molar-refractivity contribution in [2.45, 2.75) is 25.7 Å². The van der Waals surface area contributed by atoms with E-state index in [1.165, 1.54) is 66.8 Å². The maximum absolute atomic E-state index is 3.94. The molecule has 0 aromatic heterocycles. The Morgan fingerprint density at radius 1 is 0.286 bits per heavy atom. The van der Waals surface area contributed by atoms with Gasteiger partial charge in [-0.1, -0.05) is 133 Å². The van der Waals surface area contributed by atoms with Crippen LogP contribution >= 0.6 is 31.9 Å². The Kier molecular flexibility index (Phi) is 7.67. The van der Waals surface area contributed by atoms with Gasteiger partial charge in [-0.05, 0) is 124 Å². The van der Waals surface area contributed by atoms with E-state index < -0.39 is 0 Å². The van der Waals surface area contributed by atoms with Crippen molar-refractivity contribution in [3.05, 3.63) is 165 Å². The Labute approximate surface area is 265 Å². The van der Waals surface area contributed by atoms with E-state index >= 15 is 0 Å². The fourth-order valence-electron chi connectivity index (χ4n) is 5.94. The lowest BCUT2D eigenvalue weighted by molar-refractivity contribution is 0.960. The van der Waals surface area contributed by atoms with Gasteiger partial charge in [0.1, 0.15) is 0 Å². The predicted octanol–water partition coefficient (Wildman–Crippen LogP) is 11.8. The molecule has 0 atom stereocenters. The smallest absolute Gasteiger partial charge is 0.0332 e. The Bertz CT molecular complexity index is 1580. The van der Waals surface area contributed by atoms with Crippen molar-refractivity contribution in [3.63, 3.8) is 0 Å². The van der Waals surface area contributed by atoms with Gasteiger partial charge in [0.15, 0.2) is 0 Å². The molecule has 0 radical (unpaired) electrons. The zero-order valence-corrected chi connectivity index (χ0v) is 26.5. The van der Waals surface area contributed by atoms with Gasteiger partial charge < -0.3 is 0 Å². The van der Waals surface area contributed by atoms with Gasteiger partial charge in [0.2, 0.25) is 0 Å². The van der Waals surface area contributed by atoms with E-state index in [4.69, 9.17) is 0 Å². The summed E-state index contributed by atoms with van der Waals surface area (Å²) < 4.78 is 2.28. The topological polar surface area (TPSA) is 0 Å². The molecule has 42 heavy (non-hydrogen) atoms. The molecule has 0 amide bonds. The highest BCUT2D eigenvalue weighted by Gasteiger charge is 2.12. The van der Waals surface area contributed by atoms with Crippen molar-refractivity contribution >= 4 is 31.9 Å². The molecule has 2 heteroatoms. The molecular formula is C40H30Br2. The lowest BCUT2D eigenvalue weighted by Crippen LogP contribution is -1.93. The normalized spacial score (nSPS) is 12.6. The first-order chi connectivity index (χ1) is 20.6. The minimum atomic E-state index is 1.02. The summed E-state index contributed by atoms with van der Waals surface area (Å²) in [5, 5.41) is 0. The predicted molar refractivity (Wildman–Crippen MR) is 185 cm³/mol. The fraction of sp³-hybridized carbons (Fsp3) is 0.100. The molecule has 0 unspecified atom stereocenters. The van der Waals surface area contributed by atoms with Crippen molar-refractivity contribution in [1.82, 2.24) is 0 Å². The molecule has 0 heterocycles. The molecule has 0 fully saturated rings. The average molecular weight is 670 g/mol. The fourth-order valence-corrected chi connectivity index (χ4v) is 7.38. The van der Waals surface area contributed by atoms with Crippen LogP contribution < -0.4 is 0 Å². The van der Waals surface area contributed by atoms with Crippen molar-refractivity contribution in [3.8, 4) is 44.5 Å². The third-order valence-electron chi connectivity index (χ3n) is 8.46. The van der Waals surface area contributed by atoms with Crippen LogP contribution in [0.2, 0.25) is 0 Å². The lowest BCUT2D eigenvalue weighted by atomic mass is 9.95. The van der Waals surface area contributed by atoms with Crippen molar-refractivity contribution < 1.29 is 0 Å². The van der Waals surface area contributed by atoms with E-state index in [1.54, 1.807) is 0 Å². The molecule has 7 aliphatic carbocycles. The second kappa shape index (κ2) is 11.9. The first-order valence-electron chi connectivity index (χ1n) is 14.6. The molecule has 0 saturated heterocycles. The van der Waals surface area contributed by atoms with Crippen LogP contribution in [-0.4, -0.2) is 0 Å². The van der Waals surface area contributed by atoms with Crippen LogP contribution in [0, 0.1) is 0 Å². The SMILES string of the molecule is Brc1c2cccc1-c1ccc(cc1)CCc1ccc(cc1)-c1cccc(c1Br)-c1ccc(cc1)CCc1ccc-2cc1. The van der Waals surface area contributed by atoms with Gasteiger partial charge in [0.25, 0.3) is 0 Å². The molecule has 6 aromatic rings. The average Bonchev–Trinajstić information content (AvgIpc) is 3.04. The first kappa shape index (κ1) is 27.1. The second-order valence-electron chi connectivity index (χ2n) is 11.1. The summed E-state index contributed by atoms with van der Waals surface area (Å²) in [7, 11) is 0. The molecule has 0 N–H and O–H groups in total. The molecule has 0 aliphatic heterocycles. The number of aryl methyl sites for hydroxylation is 4. The van der Waals surface area contributed by atoms with Crippen LogP contribution in [0.15, 0.2) is 142 Å². The van der Waals surface area contributed by atoms with Gasteiger partial charge in [-0.2, -0.15) is 0 Å². The second-order valence-corrected chi connectivity index (χ2v) is 12.7. The van der Waals surface area contributed by atoms with E-state index in [0.29, 0.717) is 0 Å². The van der Waals surface area contributed by atoms with Gasteiger partial charge in [-0.3, -0.25) is 0 Å². The van der Waals surface area contributed by atoms with Crippen molar-refractivity contribution in [2.75, 3.05) is 0 Å². The van der Waals surface area contributed by atoms with Crippen molar-refractivity contribution in [2.24, 2.45) is 0 Å². The number of hydrogen-bond acceptors (Lipinski definition) is 0. The van der Waals surface area contributed by atoms with E-state index in [1.807, 2.05) is 0 Å². The molecule has 0 spiro atoms. The highest BCUT2D eigenvalue weighted by Crippen LogP contribution is 2.38. The molecule has 12 bridgehead atoms. The van der Waals surface area contributed by atoms with E-state index in [0.717, 1.165) is 34.6 Å². The largest absolute Gasteiger partial charge is 0.0610 e. The molecule has 0 nitrogen and oxygen atoms in total. The molecular weight excluding hydrogens is 640 g/mol. The Balaban J connectivity index is 1.27. The van der Waals surface area contributed by atoms with Crippen LogP contribution in [0.5, 0.6) is 0 Å². The van der Waals surface area contributed by atoms with Gasteiger partial charge in [0, 0.05) is 8.95 Å². The number of halogens is 2. The summed E-state index contributed by atoms with van der Waals surface area (Å²) in [5.41, 5.74) is 15.2. The monoisotopic (exact) mass is 668 g/mol. The third kappa shape index (κ3) is 5.54. The van der Waals surface area contributed by atoms with Gasteiger partial charge in [-0.25, -0.2) is 0 Å². The van der Waals surface area contributed by atoms with Gasteiger partial charge in [0.05, 0.1) is 0 Å². The summed E-state index contributed by atoms with van der Waals surface area (Å²) in [5.74, 6) is 0. The highest BCUT2D eigenvalue weighted by molar-refractivity contribution is 9.11. The number of hydrogen-bond donors (Lipinski definition) is 0. The molecule has 6 aromatic carbocycles. The van der Waals surface area contributed by atoms with Gasteiger partial charge >= 0.3 is 0 Å². The maximum Gasteiger partial charge on any atom is 0.0332 e. The zero-order valence-electron chi connectivity index (χ0n) is 23.3. The van der Waals surface area contributed by atoms with Gasteiger partial charge in [-0.15, -0.1) is 0 Å².